The summed E-state index contributed by atoms with van der Waals surface area (Å²) in [5.41, 5.74) is 0.168. The Bertz CT molecular complexity index is 231. The third-order valence-corrected chi connectivity index (χ3v) is 3.01. The number of carbonyl (C=O) groups is 1. The van der Waals surface area contributed by atoms with E-state index in [9.17, 15) is 4.79 Å². The first-order valence-corrected chi connectivity index (χ1v) is 8.19. The van der Waals surface area contributed by atoms with Crippen LogP contribution in [0.4, 0.5) is 0 Å². The fourth-order valence-electron chi connectivity index (χ4n) is 1.89. The van der Waals surface area contributed by atoms with Crippen molar-refractivity contribution in [3.63, 3.8) is 0 Å². The molecule has 3 heteroatoms. The minimum atomic E-state index is -0.0853. The van der Waals surface area contributed by atoms with Crippen LogP contribution in [0.25, 0.3) is 0 Å². The van der Waals surface area contributed by atoms with Crippen LogP contribution >= 0.6 is 0 Å². The van der Waals surface area contributed by atoms with Gasteiger partial charge in [0.05, 0.1) is 13.2 Å². The molecule has 0 spiro atoms. The Hall–Kier alpha value is -0.570. The lowest BCUT2D eigenvalue weighted by molar-refractivity contribution is -0.145. The third-order valence-electron chi connectivity index (χ3n) is 3.01. The van der Waals surface area contributed by atoms with Gasteiger partial charge in [0.25, 0.3) is 0 Å². The van der Waals surface area contributed by atoms with Gasteiger partial charge in [0.15, 0.2) is 0 Å². The van der Waals surface area contributed by atoms with Gasteiger partial charge in [-0.3, -0.25) is 4.79 Å². The number of carbonyl (C=O) groups excluding carboxylic acids is 1. The number of ether oxygens (including phenoxy) is 2. The monoisotopic (exact) mass is 286 g/mol. The van der Waals surface area contributed by atoms with Gasteiger partial charge in [0, 0.05) is 6.42 Å². The molecule has 0 aromatic rings. The first-order chi connectivity index (χ1) is 9.45. The summed E-state index contributed by atoms with van der Waals surface area (Å²) in [4.78, 5) is 11.5. The van der Waals surface area contributed by atoms with E-state index in [1.165, 1.54) is 32.1 Å². The highest BCUT2D eigenvalue weighted by Gasteiger charge is 2.10. The summed E-state index contributed by atoms with van der Waals surface area (Å²) < 4.78 is 10.6. The molecule has 0 aliphatic heterocycles. The van der Waals surface area contributed by atoms with Crippen molar-refractivity contribution in [2.45, 2.75) is 79.1 Å². The molecule has 0 heterocycles. The molecule has 3 nitrogen and oxygen atoms in total. The summed E-state index contributed by atoms with van der Waals surface area (Å²) in [5.74, 6) is -0.0853. The van der Waals surface area contributed by atoms with Gasteiger partial charge in [-0.1, -0.05) is 66.2 Å². The maximum atomic E-state index is 11.5. The number of unbranched alkanes of at least 4 members (excludes halogenated alkanes) is 6. The number of hydrogen-bond acceptors (Lipinski definition) is 3. The van der Waals surface area contributed by atoms with Crippen molar-refractivity contribution >= 4 is 5.97 Å². The maximum Gasteiger partial charge on any atom is 0.305 e. The Balaban J connectivity index is 3.25. The molecule has 0 radical (unpaired) electrons. The molecular weight excluding hydrogens is 252 g/mol. The van der Waals surface area contributed by atoms with E-state index in [1.807, 2.05) is 0 Å². The largest absolute Gasteiger partial charge is 0.463 e. The Morgan fingerprint density at radius 3 is 2.10 bits per heavy atom. The molecule has 20 heavy (non-hydrogen) atoms. The average Bonchev–Trinajstić information content (AvgIpc) is 2.36. The molecule has 0 unspecified atom stereocenters. The molecule has 0 bridgehead atoms. The van der Waals surface area contributed by atoms with Gasteiger partial charge in [0.2, 0.25) is 0 Å². The summed E-state index contributed by atoms with van der Waals surface area (Å²) in [6, 6.07) is 0. The quantitative estimate of drug-likeness (QED) is 0.384. The zero-order valence-corrected chi connectivity index (χ0v) is 14.0. The standard InChI is InChI=1S/C17H34O3/c1-5-6-7-8-9-10-11-12-16(18)20-14-13-19-15-17(2,3)4/h5-15H2,1-4H3. The summed E-state index contributed by atoms with van der Waals surface area (Å²) in [7, 11) is 0. The Morgan fingerprint density at radius 2 is 1.50 bits per heavy atom. The second-order valence-electron chi connectivity index (χ2n) is 6.71. The number of hydrogen-bond donors (Lipinski definition) is 0. The zero-order chi connectivity index (χ0) is 15.3. The molecule has 0 saturated carbocycles. The zero-order valence-electron chi connectivity index (χ0n) is 14.0. The van der Waals surface area contributed by atoms with Crippen LogP contribution in [0.3, 0.4) is 0 Å². The normalized spacial score (nSPS) is 11.6. The van der Waals surface area contributed by atoms with Gasteiger partial charge < -0.3 is 9.47 Å². The summed E-state index contributed by atoms with van der Waals surface area (Å²) in [5, 5.41) is 0. The Kier molecular flexibility index (Phi) is 11.8. The number of rotatable bonds is 12. The molecule has 0 fully saturated rings. The summed E-state index contributed by atoms with van der Waals surface area (Å²) >= 11 is 0. The van der Waals surface area contributed by atoms with Gasteiger partial charge in [-0.05, 0) is 11.8 Å². The highest BCUT2D eigenvalue weighted by molar-refractivity contribution is 5.69. The van der Waals surface area contributed by atoms with Crippen LogP contribution in [-0.4, -0.2) is 25.8 Å². The van der Waals surface area contributed by atoms with E-state index >= 15 is 0 Å². The van der Waals surface area contributed by atoms with Gasteiger partial charge in [-0.25, -0.2) is 0 Å². The topological polar surface area (TPSA) is 35.5 Å². The van der Waals surface area contributed by atoms with Crippen molar-refractivity contribution in [2.75, 3.05) is 19.8 Å². The highest BCUT2D eigenvalue weighted by atomic mass is 16.6. The maximum absolute atomic E-state index is 11.5. The van der Waals surface area contributed by atoms with E-state index in [0.717, 1.165) is 12.8 Å². The molecule has 0 atom stereocenters. The molecule has 120 valence electrons. The van der Waals surface area contributed by atoms with Crippen molar-refractivity contribution in [2.24, 2.45) is 5.41 Å². The molecule has 0 N–H and O–H groups in total. The van der Waals surface area contributed by atoms with Crippen LogP contribution in [0.2, 0.25) is 0 Å². The van der Waals surface area contributed by atoms with E-state index in [4.69, 9.17) is 9.47 Å². The van der Waals surface area contributed by atoms with E-state index in [0.29, 0.717) is 26.2 Å². The lowest BCUT2D eigenvalue weighted by Crippen LogP contribution is -2.18. The highest BCUT2D eigenvalue weighted by Crippen LogP contribution is 2.12. The Labute approximate surface area is 125 Å². The third kappa shape index (κ3) is 15.5. The fourth-order valence-corrected chi connectivity index (χ4v) is 1.89. The first-order valence-electron chi connectivity index (χ1n) is 8.19. The van der Waals surface area contributed by atoms with Gasteiger partial charge in [-0.15, -0.1) is 0 Å². The van der Waals surface area contributed by atoms with Crippen molar-refractivity contribution in [3.05, 3.63) is 0 Å². The molecule has 0 amide bonds. The van der Waals surface area contributed by atoms with Gasteiger partial charge in [0.1, 0.15) is 6.61 Å². The lowest BCUT2D eigenvalue weighted by atomic mass is 9.99. The van der Waals surface area contributed by atoms with Crippen LogP contribution in [0.15, 0.2) is 0 Å². The van der Waals surface area contributed by atoms with Gasteiger partial charge in [-0.2, -0.15) is 0 Å². The lowest BCUT2D eigenvalue weighted by Gasteiger charge is -2.17. The van der Waals surface area contributed by atoms with Crippen LogP contribution in [0.5, 0.6) is 0 Å². The first kappa shape index (κ1) is 19.4. The second-order valence-corrected chi connectivity index (χ2v) is 6.71. The van der Waals surface area contributed by atoms with E-state index < -0.39 is 0 Å². The molecule has 0 aromatic heterocycles. The minimum Gasteiger partial charge on any atom is -0.463 e. The molecule has 0 aromatic carbocycles. The average molecular weight is 286 g/mol. The van der Waals surface area contributed by atoms with Crippen LogP contribution in [0.1, 0.15) is 79.1 Å². The van der Waals surface area contributed by atoms with E-state index in [1.54, 1.807) is 0 Å². The van der Waals surface area contributed by atoms with E-state index in [2.05, 4.69) is 27.7 Å². The number of esters is 1. The summed E-state index contributed by atoms with van der Waals surface area (Å²) in [6.07, 6.45) is 9.11. The molecular formula is C17H34O3. The van der Waals surface area contributed by atoms with Crippen molar-refractivity contribution in [3.8, 4) is 0 Å². The molecule has 0 saturated heterocycles. The predicted octanol–water partition coefficient (Wildman–Crippen LogP) is 4.73. The second kappa shape index (κ2) is 12.2. The smallest absolute Gasteiger partial charge is 0.305 e. The molecule has 0 rings (SSSR count). The van der Waals surface area contributed by atoms with Gasteiger partial charge >= 0.3 is 5.97 Å². The minimum absolute atomic E-state index is 0.0853. The van der Waals surface area contributed by atoms with Crippen LogP contribution in [-0.2, 0) is 14.3 Å². The summed E-state index contributed by atoms with van der Waals surface area (Å²) in [6.45, 7) is 10.2. The molecule has 0 aliphatic rings. The van der Waals surface area contributed by atoms with Crippen LogP contribution in [0, 0.1) is 5.41 Å². The van der Waals surface area contributed by atoms with Crippen molar-refractivity contribution in [1.82, 2.24) is 0 Å². The van der Waals surface area contributed by atoms with E-state index in [-0.39, 0.29) is 11.4 Å². The molecule has 0 aliphatic carbocycles. The SMILES string of the molecule is CCCCCCCCCC(=O)OCCOCC(C)(C)C. The van der Waals surface area contributed by atoms with Crippen LogP contribution < -0.4 is 0 Å². The predicted molar refractivity (Wildman–Crippen MR) is 83.8 cm³/mol. The van der Waals surface area contributed by atoms with Crippen molar-refractivity contribution < 1.29 is 14.3 Å². The Morgan fingerprint density at radius 1 is 0.900 bits per heavy atom. The fraction of sp³-hybridized carbons (Fsp3) is 0.941. The van der Waals surface area contributed by atoms with Crippen molar-refractivity contribution in [1.29, 1.82) is 0 Å².